The van der Waals surface area contributed by atoms with Crippen LogP contribution in [0.25, 0.3) is 0 Å². The summed E-state index contributed by atoms with van der Waals surface area (Å²) < 4.78 is 0. The summed E-state index contributed by atoms with van der Waals surface area (Å²) in [6, 6.07) is 0.402. The van der Waals surface area contributed by atoms with Crippen LogP contribution in [-0.2, 0) is 0 Å². The zero-order chi connectivity index (χ0) is 9.72. The molecule has 0 aliphatic heterocycles. The monoisotopic (exact) mass is 174 g/mol. The van der Waals surface area contributed by atoms with Crippen LogP contribution in [0.3, 0.4) is 0 Å². The Morgan fingerprint density at radius 1 is 1.33 bits per heavy atom. The molecule has 0 aliphatic carbocycles. The van der Waals surface area contributed by atoms with Crippen molar-refractivity contribution in [2.45, 2.75) is 32.9 Å². The van der Waals surface area contributed by atoms with Gasteiger partial charge in [0.25, 0.3) is 0 Å². The summed E-state index contributed by atoms with van der Waals surface area (Å²) in [5, 5.41) is 8.75. The van der Waals surface area contributed by atoms with Crippen LogP contribution in [0.5, 0.6) is 0 Å². The van der Waals surface area contributed by atoms with Gasteiger partial charge in [0, 0.05) is 18.6 Å². The van der Waals surface area contributed by atoms with Crippen molar-refractivity contribution < 1.29 is 5.11 Å². The molecule has 0 bridgehead atoms. The Kier molecular flexibility index (Phi) is 5.46. The SMILES string of the molecule is CC(C)C(C)N(C)CC(N)CO. The largest absolute Gasteiger partial charge is 0.395 e. The highest BCUT2D eigenvalue weighted by Crippen LogP contribution is 2.07. The van der Waals surface area contributed by atoms with Crippen LogP contribution in [0.15, 0.2) is 0 Å². The topological polar surface area (TPSA) is 49.5 Å². The number of rotatable bonds is 5. The Morgan fingerprint density at radius 3 is 2.17 bits per heavy atom. The second kappa shape index (κ2) is 5.51. The van der Waals surface area contributed by atoms with Crippen molar-refractivity contribution in [3.8, 4) is 0 Å². The fourth-order valence-corrected chi connectivity index (χ4v) is 1.10. The van der Waals surface area contributed by atoms with E-state index in [1.165, 1.54) is 0 Å². The van der Waals surface area contributed by atoms with Gasteiger partial charge in [-0.2, -0.15) is 0 Å². The van der Waals surface area contributed by atoms with Crippen LogP contribution < -0.4 is 5.73 Å². The molecule has 0 radical (unpaired) electrons. The molecule has 0 aromatic rings. The zero-order valence-corrected chi connectivity index (χ0v) is 8.62. The van der Waals surface area contributed by atoms with E-state index in [2.05, 4.69) is 25.7 Å². The highest BCUT2D eigenvalue weighted by molar-refractivity contribution is 4.71. The second-order valence-electron chi connectivity index (χ2n) is 3.87. The van der Waals surface area contributed by atoms with Gasteiger partial charge in [0.2, 0.25) is 0 Å². The normalized spacial score (nSPS) is 17.0. The number of likely N-dealkylation sites (N-methyl/N-ethyl adjacent to an activating group) is 1. The number of hydrogen-bond donors (Lipinski definition) is 2. The van der Waals surface area contributed by atoms with Gasteiger partial charge >= 0.3 is 0 Å². The predicted octanol–water partition coefficient (Wildman–Crippen LogP) is 0.282. The fraction of sp³-hybridized carbons (Fsp3) is 1.00. The van der Waals surface area contributed by atoms with Gasteiger partial charge in [-0.05, 0) is 19.9 Å². The van der Waals surface area contributed by atoms with E-state index in [0.717, 1.165) is 6.54 Å². The van der Waals surface area contributed by atoms with Gasteiger partial charge in [0.05, 0.1) is 6.61 Å². The van der Waals surface area contributed by atoms with Gasteiger partial charge in [0.1, 0.15) is 0 Å². The summed E-state index contributed by atoms with van der Waals surface area (Å²) in [7, 11) is 2.04. The highest BCUT2D eigenvalue weighted by atomic mass is 16.3. The number of nitrogens with zero attached hydrogens (tertiary/aromatic N) is 1. The summed E-state index contributed by atoms with van der Waals surface area (Å²) in [6.45, 7) is 7.37. The third-order valence-corrected chi connectivity index (χ3v) is 2.42. The van der Waals surface area contributed by atoms with E-state index in [9.17, 15) is 0 Å². The van der Waals surface area contributed by atoms with Crippen molar-refractivity contribution in [3.05, 3.63) is 0 Å². The molecule has 2 atom stereocenters. The molecule has 0 rings (SSSR count). The second-order valence-corrected chi connectivity index (χ2v) is 3.87. The molecule has 0 spiro atoms. The number of nitrogens with two attached hydrogens (primary N) is 1. The summed E-state index contributed by atoms with van der Waals surface area (Å²) in [5.74, 6) is 0.626. The van der Waals surface area contributed by atoms with E-state index in [1.807, 2.05) is 7.05 Å². The quantitative estimate of drug-likeness (QED) is 0.629. The minimum absolute atomic E-state index is 0.0646. The first-order valence-electron chi connectivity index (χ1n) is 4.55. The van der Waals surface area contributed by atoms with Gasteiger partial charge in [0.15, 0.2) is 0 Å². The lowest BCUT2D eigenvalue weighted by atomic mass is 10.0. The lowest BCUT2D eigenvalue weighted by Gasteiger charge is -2.29. The van der Waals surface area contributed by atoms with Crippen molar-refractivity contribution in [1.29, 1.82) is 0 Å². The maximum Gasteiger partial charge on any atom is 0.0595 e. The maximum absolute atomic E-state index is 8.75. The average Bonchev–Trinajstić information content (AvgIpc) is 2.02. The van der Waals surface area contributed by atoms with Gasteiger partial charge in [-0.25, -0.2) is 0 Å². The molecule has 3 heteroatoms. The lowest BCUT2D eigenvalue weighted by molar-refractivity contribution is 0.168. The maximum atomic E-state index is 8.75. The Bertz CT molecular complexity index is 117. The van der Waals surface area contributed by atoms with Crippen LogP contribution in [0.4, 0.5) is 0 Å². The average molecular weight is 174 g/mol. The molecule has 0 saturated carbocycles. The molecule has 12 heavy (non-hydrogen) atoms. The summed E-state index contributed by atoms with van der Waals surface area (Å²) in [6.07, 6.45) is 0. The third kappa shape index (κ3) is 4.04. The van der Waals surface area contributed by atoms with E-state index < -0.39 is 0 Å². The van der Waals surface area contributed by atoms with E-state index in [0.29, 0.717) is 12.0 Å². The van der Waals surface area contributed by atoms with E-state index >= 15 is 0 Å². The lowest BCUT2D eigenvalue weighted by Crippen LogP contribution is -2.43. The molecule has 0 saturated heterocycles. The van der Waals surface area contributed by atoms with Gasteiger partial charge in [-0.3, -0.25) is 0 Å². The third-order valence-electron chi connectivity index (χ3n) is 2.42. The number of hydrogen-bond acceptors (Lipinski definition) is 3. The summed E-state index contributed by atoms with van der Waals surface area (Å²) in [4.78, 5) is 2.19. The standard InChI is InChI=1S/C9H22N2O/c1-7(2)8(3)11(4)5-9(10)6-12/h7-9,12H,5-6,10H2,1-4H3. The minimum Gasteiger partial charge on any atom is -0.395 e. The van der Waals surface area contributed by atoms with Crippen LogP contribution in [-0.4, -0.2) is 42.3 Å². The molecule has 3 N–H and O–H groups in total. The fourth-order valence-electron chi connectivity index (χ4n) is 1.10. The van der Waals surface area contributed by atoms with Gasteiger partial charge in [-0.15, -0.1) is 0 Å². The zero-order valence-electron chi connectivity index (χ0n) is 8.62. The summed E-state index contributed by atoms with van der Waals surface area (Å²) in [5.41, 5.74) is 5.62. The molecule has 0 aromatic carbocycles. The van der Waals surface area contributed by atoms with Gasteiger partial charge < -0.3 is 15.7 Å². The van der Waals surface area contributed by atoms with Crippen molar-refractivity contribution in [1.82, 2.24) is 4.90 Å². The molecule has 0 fully saturated rings. The molecule has 3 nitrogen and oxygen atoms in total. The van der Waals surface area contributed by atoms with E-state index in [-0.39, 0.29) is 12.6 Å². The molecule has 2 unspecified atom stereocenters. The van der Waals surface area contributed by atoms with E-state index in [4.69, 9.17) is 10.8 Å². The van der Waals surface area contributed by atoms with Crippen molar-refractivity contribution >= 4 is 0 Å². The first kappa shape index (κ1) is 11.9. The Labute approximate surface area is 75.6 Å². The molecular formula is C9H22N2O. The minimum atomic E-state index is -0.115. The first-order chi connectivity index (χ1) is 5.49. The molecule has 0 aliphatic rings. The van der Waals surface area contributed by atoms with Gasteiger partial charge in [-0.1, -0.05) is 13.8 Å². The predicted molar refractivity (Wildman–Crippen MR) is 52.0 cm³/mol. The summed E-state index contributed by atoms with van der Waals surface area (Å²) >= 11 is 0. The van der Waals surface area contributed by atoms with Crippen molar-refractivity contribution in [2.75, 3.05) is 20.2 Å². The molecule has 74 valence electrons. The molecule has 0 amide bonds. The number of aliphatic hydroxyl groups excluding tert-OH is 1. The molecule has 0 aromatic heterocycles. The van der Waals surface area contributed by atoms with Crippen LogP contribution >= 0.6 is 0 Å². The van der Waals surface area contributed by atoms with Crippen molar-refractivity contribution in [3.63, 3.8) is 0 Å². The Balaban J connectivity index is 3.78. The number of aliphatic hydroxyl groups is 1. The highest BCUT2D eigenvalue weighted by Gasteiger charge is 2.14. The van der Waals surface area contributed by atoms with Crippen molar-refractivity contribution in [2.24, 2.45) is 11.7 Å². The van der Waals surface area contributed by atoms with Crippen LogP contribution in [0.2, 0.25) is 0 Å². The smallest absolute Gasteiger partial charge is 0.0595 e. The molecular weight excluding hydrogens is 152 g/mol. The molecule has 0 heterocycles. The first-order valence-corrected chi connectivity index (χ1v) is 4.55. The van der Waals surface area contributed by atoms with E-state index in [1.54, 1.807) is 0 Å². The Morgan fingerprint density at radius 2 is 1.83 bits per heavy atom. The van der Waals surface area contributed by atoms with Crippen LogP contribution in [0, 0.1) is 5.92 Å². The Hall–Kier alpha value is -0.120. The van der Waals surface area contributed by atoms with Crippen LogP contribution in [0.1, 0.15) is 20.8 Å².